The maximum absolute atomic E-state index is 12.5. The van der Waals surface area contributed by atoms with Crippen molar-refractivity contribution in [2.24, 2.45) is 11.3 Å². The van der Waals surface area contributed by atoms with Gasteiger partial charge in [-0.05, 0) is 53.0 Å². The molecule has 0 rings (SSSR count). The van der Waals surface area contributed by atoms with Gasteiger partial charge >= 0.3 is 0 Å². The summed E-state index contributed by atoms with van der Waals surface area (Å²) in [7, 11) is 0. The van der Waals surface area contributed by atoms with Crippen LogP contribution >= 0.6 is 0 Å². The number of amides is 1. The Labute approximate surface area is 183 Å². The van der Waals surface area contributed by atoms with E-state index >= 15 is 0 Å². The molecule has 0 bridgehead atoms. The van der Waals surface area contributed by atoms with E-state index in [0.717, 1.165) is 5.57 Å². The summed E-state index contributed by atoms with van der Waals surface area (Å²) in [6.45, 7) is 15.7. The van der Waals surface area contributed by atoms with Crippen LogP contribution in [0.2, 0.25) is 0 Å². The number of allylic oxidation sites excluding steroid dienone is 9. The van der Waals surface area contributed by atoms with Crippen LogP contribution < -0.4 is 5.32 Å². The van der Waals surface area contributed by atoms with Gasteiger partial charge in [0.1, 0.15) is 0 Å². The highest BCUT2D eigenvalue weighted by Gasteiger charge is 2.36. The quantitative estimate of drug-likeness (QED) is 0.414. The Balaban J connectivity index is 4.76. The fraction of sp³-hybridized carbons (Fsp3) is 0.500. The van der Waals surface area contributed by atoms with Crippen molar-refractivity contribution in [1.29, 1.82) is 0 Å². The summed E-state index contributed by atoms with van der Waals surface area (Å²) in [5.41, 5.74) is 2.26. The first-order valence-electron chi connectivity index (χ1n) is 10.5. The zero-order chi connectivity index (χ0) is 23.3. The van der Waals surface area contributed by atoms with Gasteiger partial charge in [-0.2, -0.15) is 0 Å². The van der Waals surface area contributed by atoms with Gasteiger partial charge in [0, 0.05) is 6.54 Å². The molecule has 2 unspecified atom stereocenters. The van der Waals surface area contributed by atoms with E-state index in [-0.39, 0.29) is 11.8 Å². The summed E-state index contributed by atoms with van der Waals surface area (Å²) in [6, 6.07) is 0. The highest BCUT2D eigenvalue weighted by Crippen LogP contribution is 2.26. The molecule has 0 aromatic heterocycles. The molecule has 0 aromatic rings. The lowest BCUT2D eigenvalue weighted by atomic mass is 9.81. The standard InChI is InChI=1S/C26H41NO3/c1-19(2)21(5)15-11-9-12-16-22(6)24(29)26(7,8)25(30)27-18-14-10-13-17-23(28)20(3)4/h9-17,20,23-24,28-29H,18H2,1-8H3,(H,27,30)/b12-9-,14-10+,15-11+,17-13+,22-16-. The van der Waals surface area contributed by atoms with Crippen LogP contribution in [0.1, 0.15) is 55.4 Å². The summed E-state index contributed by atoms with van der Waals surface area (Å²) >= 11 is 0. The minimum atomic E-state index is -0.958. The summed E-state index contributed by atoms with van der Waals surface area (Å²) in [4.78, 5) is 12.5. The first-order chi connectivity index (χ1) is 13.9. The van der Waals surface area contributed by atoms with Gasteiger partial charge in [-0.15, -0.1) is 0 Å². The molecule has 0 aliphatic carbocycles. The minimum absolute atomic E-state index is 0.167. The van der Waals surface area contributed by atoms with Gasteiger partial charge in [0.2, 0.25) is 5.91 Å². The molecule has 0 saturated heterocycles. The van der Waals surface area contributed by atoms with Crippen LogP contribution in [-0.2, 0) is 4.79 Å². The molecule has 0 saturated carbocycles. The van der Waals surface area contributed by atoms with Crippen molar-refractivity contribution in [2.45, 2.75) is 67.6 Å². The van der Waals surface area contributed by atoms with Gasteiger partial charge in [-0.25, -0.2) is 0 Å². The van der Waals surface area contributed by atoms with Gasteiger partial charge in [0.25, 0.3) is 0 Å². The van der Waals surface area contributed by atoms with Gasteiger partial charge in [0.05, 0.1) is 17.6 Å². The molecule has 30 heavy (non-hydrogen) atoms. The molecule has 1 amide bonds. The Morgan fingerprint density at radius 2 is 1.60 bits per heavy atom. The SMILES string of the molecule is CC(C)=C(C)/C=C/C=C\C=C(\C)C(O)C(C)(C)C(=O)NC/C=C/C=C/C(O)C(C)C. The number of hydrogen-bond donors (Lipinski definition) is 3. The molecule has 0 aromatic carbocycles. The second-order valence-corrected chi connectivity index (χ2v) is 8.72. The monoisotopic (exact) mass is 415 g/mol. The van der Waals surface area contributed by atoms with Crippen molar-refractivity contribution in [3.05, 3.63) is 71.4 Å². The third-order valence-corrected chi connectivity index (χ3v) is 5.04. The van der Waals surface area contributed by atoms with Crippen LogP contribution in [0.25, 0.3) is 0 Å². The van der Waals surface area contributed by atoms with Crippen LogP contribution in [-0.4, -0.2) is 34.9 Å². The number of aliphatic hydroxyl groups is 2. The van der Waals surface area contributed by atoms with E-state index in [4.69, 9.17) is 0 Å². The summed E-state index contributed by atoms with van der Waals surface area (Å²) in [6.07, 6.45) is 15.3. The Hall–Kier alpha value is -2.17. The van der Waals surface area contributed by atoms with Gasteiger partial charge in [0.15, 0.2) is 0 Å². The van der Waals surface area contributed by atoms with E-state index in [1.807, 2.05) is 51.2 Å². The molecule has 168 valence electrons. The zero-order valence-corrected chi connectivity index (χ0v) is 19.9. The number of carbonyl (C=O) groups is 1. The lowest BCUT2D eigenvalue weighted by Crippen LogP contribution is -2.45. The highest BCUT2D eigenvalue weighted by atomic mass is 16.3. The van der Waals surface area contributed by atoms with Crippen LogP contribution in [0.5, 0.6) is 0 Å². The molecule has 2 atom stereocenters. The largest absolute Gasteiger partial charge is 0.389 e. The summed E-state index contributed by atoms with van der Waals surface area (Å²) in [5.74, 6) is -0.0538. The number of carbonyl (C=O) groups excluding carboxylic acids is 1. The molecular formula is C26H41NO3. The van der Waals surface area contributed by atoms with Gasteiger partial charge < -0.3 is 15.5 Å². The average Bonchev–Trinajstić information content (AvgIpc) is 2.68. The Morgan fingerprint density at radius 1 is 0.967 bits per heavy atom. The van der Waals surface area contributed by atoms with Gasteiger partial charge in [-0.1, -0.05) is 79.7 Å². The molecule has 0 spiro atoms. The zero-order valence-electron chi connectivity index (χ0n) is 19.9. The fourth-order valence-corrected chi connectivity index (χ4v) is 2.35. The van der Waals surface area contributed by atoms with E-state index in [1.165, 1.54) is 11.1 Å². The maximum Gasteiger partial charge on any atom is 0.228 e. The van der Waals surface area contributed by atoms with Crippen LogP contribution in [0.15, 0.2) is 71.4 Å². The average molecular weight is 416 g/mol. The Bertz CT molecular complexity index is 715. The minimum Gasteiger partial charge on any atom is -0.389 e. The first-order valence-corrected chi connectivity index (χ1v) is 10.5. The summed E-state index contributed by atoms with van der Waals surface area (Å²) in [5, 5.41) is 23.2. The number of hydrogen-bond acceptors (Lipinski definition) is 3. The third kappa shape index (κ3) is 10.6. The van der Waals surface area contributed by atoms with Crippen molar-refractivity contribution in [3.63, 3.8) is 0 Å². The Kier molecular flexibility index (Phi) is 12.9. The smallest absolute Gasteiger partial charge is 0.228 e. The van der Waals surface area contributed by atoms with E-state index in [2.05, 4.69) is 26.1 Å². The molecule has 0 radical (unpaired) electrons. The molecule has 4 heteroatoms. The summed E-state index contributed by atoms with van der Waals surface area (Å²) < 4.78 is 0. The topological polar surface area (TPSA) is 69.6 Å². The number of aliphatic hydroxyl groups excluding tert-OH is 2. The van der Waals surface area contributed by atoms with Crippen molar-refractivity contribution < 1.29 is 15.0 Å². The van der Waals surface area contributed by atoms with Crippen LogP contribution in [0, 0.1) is 11.3 Å². The molecule has 0 aliphatic rings. The molecular weight excluding hydrogens is 374 g/mol. The van der Waals surface area contributed by atoms with Crippen molar-refractivity contribution >= 4 is 5.91 Å². The first kappa shape index (κ1) is 27.8. The molecule has 4 nitrogen and oxygen atoms in total. The molecule has 0 heterocycles. The Morgan fingerprint density at radius 3 is 2.17 bits per heavy atom. The van der Waals surface area contributed by atoms with E-state index in [1.54, 1.807) is 38.2 Å². The lowest BCUT2D eigenvalue weighted by Gasteiger charge is -2.29. The van der Waals surface area contributed by atoms with E-state index in [0.29, 0.717) is 6.54 Å². The third-order valence-electron chi connectivity index (χ3n) is 5.04. The maximum atomic E-state index is 12.5. The second kappa shape index (κ2) is 13.9. The van der Waals surface area contributed by atoms with Crippen LogP contribution in [0.3, 0.4) is 0 Å². The van der Waals surface area contributed by atoms with Crippen molar-refractivity contribution in [2.75, 3.05) is 6.54 Å². The number of rotatable bonds is 11. The fourth-order valence-electron chi connectivity index (χ4n) is 2.35. The highest BCUT2D eigenvalue weighted by molar-refractivity contribution is 5.83. The normalized spacial score (nSPS) is 15.6. The molecule has 0 fully saturated rings. The van der Waals surface area contributed by atoms with Crippen LogP contribution in [0.4, 0.5) is 0 Å². The van der Waals surface area contributed by atoms with E-state index in [9.17, 15) is 15.0 Å². The van der Waals surface area contributed by atoms with E-state index < -0.39 is 17.6 Å². The lowest BCUT2D eigenvalue weighted by molar-refractivity contribution is -0.133. The number of nitrogens with one attached hydrogen (secondary N) is 1. The molecule has 0 aliphatic heterocycles. The van der Waals surface area contributed by atoms with Crippen molar-refractivity contribution in [1.82, 2.24) is 5.32 Å². The predicted octanol–water partition coefficient (Wildman–Crippen LogP) is 5.03. The van der Waals surface area contributed by atoms with Crippen molar-refractivity contribution in [3.8, 4) is 0 Å². The predicted molar refractivity (Wildman–Crippen MR) is 128 cm³/mol. The molecule has 3 N–H and O–H groups in total. The van der Waals surface area contributed by atoms with Gasteiger partial charge in [-0.3, -0.25) is 4.79 Å². The second-order valence-electron chi connectivity index (χ2n) is 8.72.